The highest BCUT2D eigenvalue weighted by Crippen LogP contribution is 2.30. The van der Waals surface area contributed by atoms with Crippen molar-refractivity contribution >= 4 is 17.7 Å². The molecule has 0 radical (unpaired) electrons. The maximum Gasteiger partial charge on any atom is 0.416 e. The highest BCUT2D eigenvalue weighted by atomic mass is 32.2. The number of benzene rings is 2. The fourth-order valence-electron chi connectivity index (χ4n) is 2.68. The summed E-state index contributed by atoms with van der Waals surface area (Å²) < 4.78 is 43.6. The van der Waals surface area contributed by atoms with E-state index >= 15 is 0 Å². The van der Waals surface area contributed by atoms with Gasteiger partial charge in [-0.1, -0.05) is 0 Å². The van der Waals surface area contributed by atoms with Gasteiger partial charge in [0.15, 0.2) is 6.10 Å². The molecule has 3 aromatic rings. The summed E-state index contributed by atoms with van der Waals surface area (Å²) in [4.78, 5) is 13.2. The molecule has 0 aliphatic carbocycles. The zero-order valence-corrected chi connectivity index (χ0v) is 17.8. The van der Waals surface area contributed by atoms with E-state index in [1.807, 2.05) is 19.1 Å². The van der Waals surface area contributed by atoms with Gasteiger partial charge in [-0.15, -0.1) is 11.8 Å². The Balaban J connectivity index is 1.68. The van der Waals surface area contributed by atoms with Crippen LogP contribution in [0.1, 0.15) is 29.4 Å². The van der Waals surface area contributed by atoms with Crippen LogP contribution in [0.5, 0.6) is 5.75 Å². The number of aryl methyl sites for hydroxylation is 2. The number of aromatic nitrogens is 3. The third-order valence-electron chi connectivity index (χ3n) is 4.48. The largest absolute Gasteiger partial charge is 0.479 e. The Labute approximate surface area is 181 Å². The number of thioether (sulfide) groups is 1. The molecule has 1 heterocycles. The van der Waals surface area contributed by atoms with Crippen molar-refractivity contribution in [2.45, 2.75) is 43.7 Å². The minimum Gasteiger partial charge on any atom is -0.479 e. The first-order valence-corrected chi connectivity index (χ1v) is 10.3. The van der Waals surface area contributed by atoms with Crippen LogP contribution in [0.2, 0.25) is 0 Å². The van der Waals surface area contributed by atoms with E-state index in [9.17, 15) is 18.0 Å². The highest BCUT2D eigenvalue weighted by Gasteiger charge is 2.30. The highest BCUT2D eigenvalue weighted by molar-refractivity contribution is 7.98. The monoisotopic (exact) mass is 451 g/mol. The first-order chi connectivity index (χ1) is 14.5. The molecule has 0 saturated carbocycles. The molecule has 0 aliphatic heterocycles. The number of carbonyl (C=O) groups is 1. The topological polar surface area (TPSA) is 77.2 Å². The van der Waals surface area contributed by atoms with Crippen LogP contribution in [-0.4, -0.2) is 32.2 Å². The third kappa shape index (κ3) is 5.57. The minimum atomic E-state index is -4.39. The Morgan fingerprint density at radius 1 is 1.16 bits per heavy atom. The first-order valence-electron chi connectivity index (χ1n) is 9.28. The standard InChI is InChI=1S/C21H20F3N3O3S/c1-12-10-17(8-9-19(12)30-14(3)20(28)29)31-11-18-13(2)25-27(26-18)16-6-4-15(5-7-16)21(22,23)24/h4-10,14H,11H2,1-3H3,(H,28,29). The van der Waals surface area contributed by atoms with Crippen LogP contribution in [0.15, 0.2) is 47.4 Å². The van der Waals surface area contributed by atoms with E-state index in [2.05, 4.69) is 10.2 Å². The van der Waals surface area contributed by atoms with Crippen molar-refractivity contribution in [2.24, 2.45) is 0 Å². The third-order valence-corrected chi connectivity index (χ3v) is 5.48. The van der Waals surface area contributed by atoms with Crippen molar-refractivity contribution in [1.82, 2.24) is 15.0 Å². The maximum atomic E-state index is 12.7. The summed E-state index contributed by atoms with van der Waals surface area (Å²) >= 11 is 1.51. The molecule has 0 bridgehead atoms. The van der Waals surface area contributed by atoms with Gasteiger partial charge < -0.3 is 9.84 Å². The number of ether oxygens (including phenoxy) is 1. The number of carboxylic acid groups (broad SMARTS) is 1. The molecule has 0 aliphatic rings. The number of hydrogen-bond acceptors (Lipinski definition) is 5. The van der Waals surface area contributed by atoms with Crippen molar-refractivity contribution in [1.29, 1.82) is 0 Å². The number of nitrogens with zero attached hydrogens (tertiary/aromatic N) is 3. The van der Waals surface area contributed by atoms with Crippen LogP contribution in [0.3, 0.4) is 0 Å². The molecule has 3 rings (SSSR count). The van der Waals surface area contributed by atoms with Crippen molar-refractivity contribution in [3.63, 3.8) is 0 Å². The number of hydrogen-bond donors (Lipinski definition) is 1. The molecule has 0 fully saturated rings. The summed E-state index contributed by atoms with van der Waals surface area (Å²) in [5.74, 6) is -0.0226. The Morgan fingerprint density at radius 2 is 1.84 bits per heavy atom. The van der Waals surface area contributed by atoms with E-state index in [1.165, 1.54) is 35.6 Å². The van der Waals surface area contributed by atoms with Crippen LogP contribution < -0.4 is 4.74 Å². The number of aliphatic carboxylic acids is 1. The Hall–Kier alpha value is -3.01. The number of alkyl halides is 3. The summed E-state index contributed by atoms with van der Waals surface area (Å²) in [6.45, 7) is 5.09. The lowest BCUT2D eigenvalue weighted by Gasteiger charge is -2.13. The number of carboxylic acids is 1. The Bertz CT molecular complexity index is 1080. The molecule has 31 heavy (non-hydrogen) atoms. The zero-order chi connectivity index (χ0) is 22.8. The van der Waals surface area contributed by atoms with Gasteiger partial charge in [0.25, 0.3) is 0 Å². The molecule has 10 heteroatoms. The molecule has 1 unspecified atom stereocenters. The smallest absolute Gasteiger partial charge is 0.416 e. The molecule has 1 aromatic heterocycles. The molecule has 0 amide bonds. The van der Waals surface area contributed by atoms with Crippen molar-refractivity contribution in [3.05, 3.63) is 65.0 Å². The number of rotatable bonds is 7. The fourth-order valence-corrected chi connectivity index (χ4v) is 3.67. The van der Waals surface area contributed by atoms with Gasteiger partial charge in [-0.05, 0) is 68.8 Å². The molecule has 2 aromatic carbocycles. The molecule has 0 saturated heterocycles. The predicted molar refractivity (Wildman–Crippen MR) is 110 cm³/mol. The SMILES string of the molecule is Cc1cc(SCc2nn(-c3ccc(C(F)(F)F)cc3)nc2C)ccc1OC(C)C(=O)O. The summed E-state index contributed by atoms with van der Waals surface area (Å²) in [6, 6.07) is 10.1. The van der Waals surface area contributed by atoms with Gasteiger partial charge in [0, 0.05) is 10.6 Å². The van der Waals surface area contributed by atoms with E-state index < -0.39 is 23.8 Å². The summed E-state index contributed by atoms with van der Waals surface area (Å²) in [5, 5.41) is 17.7. The van der Waals surface area contributed by atoms with Crippen LogP contribution in [0.4, 0.5) is 13.2 Å². The summed E-state index contributed by atoms with van der Waals surface area (Å²) in [7, 11) is 0. The van der Waals surface area contributed by atoms with Gasteiger partial charge >= 0.3 is 12.1 Å². The van der Waals surface area contributed by atoms with Crippen molar-refractivity contribution in [2.75, 3.05) is 0 Å². The second kappa shape index (κ2) is 9.01. The van der Waals surface area contributed by atoms with E-state index in [4.69, 9.17) is 9.84 Å². The maximum absolute atomic E-state index is 12.7. The van der Waals surface area contributed by atoms with Crippen LogP contribution in [-0.2, 0) is 16.7 Å². The van der Waals surface area contributed by atoms with Gasteiger partial charge in [0.1, 0.15) is 5.75 Å². The average Bonchev–Trinajstić information content (AvgIpc) is 3.08. The lowest BCUT2D eigenvalue weighted by atomic mass is 10.2. The van der Waals surface area contributed by atoms with Crippen LogP contribution in [0.25, 0.3) is 5.69 Å². The average molecular weight is 451 g/mol. The lowest BCUT2D eigenvalue weighted by Crippen LogP contribution is -2.23. The van der Waals surface area contributed by atoms with Gasteiger partial charge in [-0.3, -0.25) is 0 Å². The number of halogens is 3. The second-order valence-electron chi connectivity index (χ2n) is 6.88. The minimum absolute atomic E-state index is 0.442. The van der Waals surface area contributed by atoms with Crippen molar-refractivity contribution < 1.29 is 27.8 Å². The van der Waals surface area contributed by atoms with Gasteiger partial charge in [0.05, 0.1) is 22.6 Å². The summed E-state index contributed by atoms with van der Waals surface area (Å²) in [6.07, 6.45) is -5.34. The van der Waals surface area contributed by atoms with E-state index in [0.29, 0.717) is 28.6 Å². The van der Waals surface area contributed by atoms with Gasteiger partial charge in [0.2, 0.25) is 0 Å². The van der Waals surface area contributed by atoms with Gasteiger partial charge in [-0.2, -0.15) is 28.2 Å². The first kappa shape index (κ1) is 22.7. The Morgan fingerprint density at radius 3 is 2.42 bits per heavy atom. The Kier molecular flexibility index (Phi) is 6.59. The van der Waals surface area contributed by atoms with E-state index in [-0.39, 0.29) is 0 Å². The molecule has 1 atom stereocenters. The predicted octanol–water partition coefficient (Wildman–Crippen LogP) is 5.05. The molecular formula is C21H20F3N3O3S. The lowest BCUT2D eigenvalue weighted by molar-refractivity contribution is -0.144. The normalized spacial score (nSPS) is 12.6. The molecule has 6 nitrogen and oxygen atoms in total. The molecule has 1 N–H and O–H groups in total. The second-order valence-corrected chi connectivity index (χ2v) is 7.93. The van der Waals surface area contributed by atoms with Gasteiger partial charge in [-0.25, -0.2) is 4.79 Å². The van der Waals surface area contributed by atoms with E-state index in [1.54, 1.807) is 13.0 Å². The fraction of sp³-hybridized carbons (Fsp3) is 0.286. The molecular weight excluding hydrogens is 431 g/mol. The quantitative estimate of drug-likeness (QED) is 0.507. The molecule has 0 spiro atoms. The van der Waals surface area contributed by atoms with Crippen molar-refractivity contribution in [3.8, 4) is 11.4 Å². The van der Waals surface area contributed by atoms with Crippen LogP contribution >= 0.6 is 11.8 Å². The zero-order valence-electron chi connectivity index (χ0n) is 17.0. The van der Waals surface area contributed by atoms with E-state index in [0.717, 1.165) is 22.6 Å². The van der Waals surface area contributed by atoms with Crippen LogP contribution in [0, 0.1) is 13.8 Å². The molecule has 164 valence electrons. The summed E-state index contributed by atoms with van der Waals surface area (Å²) in [5.41, 5.74) is 1.92.